The summed E-state index contributed by atoms with van der Waals surface area (Å²) in [6.45, 7) is 14.8. The molecule has 0 fully saturated rings. The van der Waals surface area contributed by atoms with Gasteiger partial charge in [-0.15, -0.1) is 22.1 Å². The number of hydrogen-bond acceptors (Lipinski definition) is 6. The molecular weight excluding hydrogens is 686 g/mol. The Hall–Kier alpha value is -4.41. The summed E-state index contributed by atoms with van der Waals surface area (Å²) in [7, 11) is 3.81. The Morgan fingerprint density at radius 2 is 1.68 bits per heavy atom. The molecule has 0 unspecified atom stereocenters. The Balaban J connectivity index is 0.00000562. The fraction of sp³-hybridized carbons (Fsp3) is 0.395. The summed E-state index contributed by atoms with van der Waals surface area (Å²) in [5, 5.41) is 23.2. The number of aryl methyl sites for hydroxylation is 2. The summed E-state index contributed by atoms with van der Waals surface area (Å²) in [5.74, 6) is -3.11. The first-order chi connectivity index (χ1) is 23.2. The number of fused-ring (bicyclic) bond motifs is 8. The van der Waals surface area contributed by atoms with Crippen molar-refractivity contribution in [1.29, 1.82) is 0 Å². The molecule has 2 atom stereocenters. The van der Waals surface area contributed by atoms with E-state index in [2.05, 4.69) is 11.9 Å². The number of carbonyl (C=O) groups is 3. The largest absolute Gasteiger partial charge is 2.00 e. The second kappa shape index (κ2) is 15.6. The maximum atomic E-state index is 13.5. The number of hydrogen-bond donors (Lipinski definition) is 3. The third-order valence-corrected chi connectivity index (χ3v) is 9.68. The summed E-state index contributed by atoms with van der Waals surface area (Å²) < 4.78 is 0. The van der Waals surface area contributed by atoms with Gasteiger partial charge in [-0.25, -0.2) is 9.78 Å². The Morgan fingerprint density at radius 1 is 1.00 bits per heavy atom. The van der Waals surface area contributed by atoms with Crippen LogP contribution in [0.3, 0.4) is 0 Å². The summed E-state index contributed by atoms with van der Waals surface area (Å²) >= 11 is 0. The molecule has 5 heterocycles. The third kappa shape index (κ3) is 7.51. The molecule has 2 aliphatic rings. The number of carbonyl (C=O) groups excluding carboxylic acids is 1. The van der Waals surface area contributed by atoms with Crippen LogP contribution in [0, 0.1) is 13.8 Å². The van der Waals surface area contributed by atoms with Gasteiger partial charge in [0.05, 0.1) is 17.8 Å². The predicted octanol–water partition coefficient (Wildman–Crippen LogP) is 5.84. The smallest absolute Gasteiger partial charge is 0.657 e. The van der Waals surface area contributed by atoms with E-state index in [0.29, 0.717) is 58.8 Å². The van der Waals surface area contributed by atoms with Crippen LogP contribution in [0.4, 0.5) is 0 Å². The van der Waals surface area contributed by atoms with Gasteiger partial charge in [0.2, 0.25) is 5.91 Å². The van der Waals surface area contributed by atoms with Crippen LogP contribution in [-0.2, 0) is 35.5 Å². The molecule has 0 aromatic carbocycles. The van der Waals surface area contributed by atoms with E-state index < -0.39 is 17.9 Å². The van der Waals surface area contributed by atoms with Gasteiger partial charge in [0.1, 0.15) is 0 Å². The monoisotopic (exact) mass is 728 g/mol. The molecule has 1 amide bonds. The van der Waals surface area contributed by atoms with Gasteiger partial charge in [0, 0.05) is 48.3 Å². The van der Waals surface area contributed by atoms with Crippen molar-refractivity contribution in [3.05, 3.63) is 75.4 Å². The zero-order valence-electron chi connectivity index (χ0n) is 30.0. The molecule has 0 spiro atoms. The van der Waals surface area contributed by atoms with Crippen LogP contribution in [0.2, 0.25) is 0 Å². The van der Waals surface area contributed by atoms with E-state index in [-0.39, 0.29) is 61.6 Å². The third-order valence-electron chi connectivity index (χ3n) is 9.68. The van der Waals surface area contributed by atoms with Crippen molar-refractivity contribution in [3.8, 4) is 0 Å². The van der Waals surface area contributed by atoms with Gasteiger partial charge >= 0.3 is 31.4 Å². The van der Waals surface area contributed by atoms with Gasteiger partial charge in [-0.05, 0) is 70.0 Å². The molecule has 8 bridgehead atoms. The Kier molecular flexibility index (Phi) is 12.0. The minimum atomic E-state index is -1.18. The Morgan fingerprint density at radius 3 is 2.30 bits per heavy atom. The standard InChI is InChI=1S/C38H46N6O5.Zn/c1-9-23-19(3)27-16-29-21(5)25(11-12-34(46)47)36(42-29)26(15-33(45)39-13-14-44(7)8)37-35(38(48)49)22(6)30(43-37)18-32-24(10-2)20(4)28(41-32)17-31(23)40-27;/h9,16-18,21,25H,1,10-15H2,2-8H3,(H5,39,40,41,42,43,45,46,47,48,49);/q;+2/p-2/t21-,25-;/m0./s1. The molecule has 258 valence electrons. The maximum Gasteiger partial charge on any atom is 2.00 e. The second-order valence-electron chi connectivity index (χ2n) is 13.1. The van der Waals surface area contributed by atoms with Crippen molar-refractivity contribution in [2.75, 3.05) is 27.2 Å². The summed E-state index contributed by atoms with van der Waals surface area (Å²) in [6, 6.07) is 5.66. The van der Waals surface area contributed by atoms with E-state index in [4.69, 9.17) is 19.9 Å². The average molecular weight is 730 g/mol. The van der Waals surface area contributed by atoms with Crippen LogP contribution in [0.5, 0.6) is 0 Å². The first-order valence-corrected chi connectivity index (χ1v) is 16.6. The Bertz CT molecular complexity index is 2060. The number of likely N-dealkylation sites (N-methyl/N-ethyl adjacent to an activating group) is 1. The van der Waals surface area contributed by atoms with Crippen molar-refractivity contribution < 1.29 is 44.1 Å². The first kappa shape index (κ1) is 38.4. The van der Waals surface area contributed by atoms with Crippen molar-refractivity contribution >= 4 is 57.1 Å². The molecule has 3 aromatic rings. The molecule has 3 aromatic heterocycles. The summed E-state index contributed by atoms with van der Waals surface area (Å²) in [4.78, 5) is 60.2. The molecule has 12 heteroatoms. The van der Waals surface area contributed by atoms with Crippen LogP contribution in [0.15, 0.2) is 24.8 Å². The van der Waals surface area contributed by atoms with Crippen LogP contribution in [0.25, 0.3) is 39.3 Å². The number of aliphatic carboxylic acids is 1. The molecule has 11 nitrogen and oxygen atoms in total. The molecule has 3 N–H and O–H groups in total. The number of nitrogens with one attached hydrogen (secondary N) is 1. The van der Waals surface area contributed by atoms with E-state index in [1.54, 1.807) is 13.0 Å². The molecule has 2 aliphatic heterocycles. The van der Waals surface area contributed by atoms with Gasteiger partial charge in [-0.3, -0.25) is 14.6 Å². The van der Waals surface area contributed by atoms with Crippen molar-refractivity contribution in [1.82, 2.24) is 30.2 Å². The number of allylic oxidation sites excluding steroid dienone is 2. The number of carboxylic acids is 2. The van der Waals surface area contributed by atoms with Crippen molar-refractivity contribution in [3.63, 3.8) is 0 Å². The van der Waals surface area contributed by atoms with Crippen LogP contribution >= 0.6 is 0 Å². The zero-order chi connectivity index (χ0) is 35.7. The minimum absolute atomic E-state index is 0. The first-order valence-electron chi connectivity index (χ1n) is 16.6. The molecular formula is C38H44N6O5Zn. The van der Waals surface area contributed by atoms with Gasteiger partial charge in [0.15, 0.2) is 0 Å². The minimum Gasteiger partial charge on any atom is -0.657 e. The van der Waals surface area contributed by atoms with Crippen LogP contribution < -0.4 is 15.3 Å². The molecule has 0 saturated heterocycles. The molecule has 0 saturated carbocycles. The predicted molar refractivity (Wildman–Crippen MR) is 192 cm³/mol. The number of rotatable bonds is 11. The molecule has 0 aliphatic carbocycles. The quantitative estimate of drug-likeness (QED) is 0.205. The fourth-order valence-electron chi connectivity index (χ4n) is 6.86. The van der Waals surface area contributed by atoms with Gasteiger partial charge < -0.3 is 30.4 Å². The normalized spacial score (nSPS) is 15.6. The van der Waals surface area contributed by atoms with E-state index in [9.17, 15) is 24.6 Å². The number of amides is 1. The molecule has 50 heavy (non-hydrogen) atoms. The van der Waals surface area contributed by atoms with Gasteiger partial charge in [-0.2, -0.15) is 0 Å². The maximum absolute atomic E-state index is 13.5. The van der Waals surface area contributed by atoms with Gasteiger partial charge in [-0.1, -0.05) is 55.8 Å². The molecule has 5 rings (SSSR count). The second-order valence-corrected chi connectivity index (χ2v) is 13.1. The van der Waals surface area contributed by atoms with Crippen molar-refractivity contribution in [2.24, 2.45) is 0 Å². The number of carboxylic acid groups (broad SMARTS) is 2. The van der Waals surface area contributed by atoms with Gasteiger partial charge in [0.25, 0.3) is 0 Å². The average Bonchev–Trinajstić information content (AvgIpc) is 3.71. The topological polar surface area (TPSA) is 161 Å². The SMILES string of the molecule is C=Cc1c(C)c2cc3nc(c(CC(=O)NCCN(C)C)c4[n-]c(cc5nc(cc1[n-]2)C(C)=C5CC)c(C)c4C(=O)O)[C@@H](CCC(=O)O)[C@@H]3C.[Zn+2]. The summed E-state index contributed by atoms with van der Waals surface area (Å²) in [6.07, 6.45) is 2.41. The van der Waals surface area contributed by atoms with Crippen LogP contribution in [-0.4, -0.2) is 70.1 Å². The summed E-state index contributed by atoms with van der Waals surface area (Å²) in [5.41, 5.74) is 9.19. The van der Waals surface area contributed by atoms with E-state index >= 15 is 0 Å². The fourth-order valence-corrected chi connectivity index (χ4v) is 6.86. The van der Waals surface area contributed by atoms with E-state index in [1.807, 2.05) is 64.9 Å². The van der Waals surface area contributed by atoms with Crippen molar-refractivity contribution in [2.45, 2.75) is 72.1 Å². The van der Waals surface area contributed by atoms with E-state index in [1.165, 1.54) is 0 Å². The number of aromatic carboxylic acids is 1. The zero-order valence-corrected chi connectivity index (χ0v) is 32.9. The Labute approximate surface area is 305 Å². The van der Waals surface area contributed by atoms with E-state index in [0.717, 1.165) is 33.5 Å². The molecule has 0 radical (unpaired) electrons. The number of aromatic nitrogens is 4. The number of nitrogens with zero attached hydrogens (tertiary/aromatic N) is 5. The van der Waals surface area contributed by atoms with Crippen LogP contribution in [0.1, 0.15) is 107 Å².